The quantitative estimate of drug-likeness (QED) is 0.848. The highest BCUT2D eigenvalue weighted by atomic mass is 32.1. The summed E-state index contributed by atoms with van der Waals surface area (Å²) in [6, 6.07) is 8.49. The third kappa shape index (κ3) is 4.53. The molecule has 2 aromatic rings. The molecule has 1 fully saturated rings. The first kappa shape index (κ1) is 16.0. The van der Waals surface area contributed by atoms with Gasteiger partial charge in [0.15, 0.2) is 0 Å². The van der Waals surface area contributed by atoms with Crippen LogP contribution in [0.3, 0.4) is 0 Å². The standard InChI is InChI=1S/C17H19FN2O2S/c18-15-9-12(20-17(21)10-14-4-2-8-23-14)5-6-16(15)19-11-13-3-1-7-22-13/h2,4-6,8-9,13,19H,1,3,7,10-11H2,(H,20,21). The third-order valence-corrected chi connectivity index (χ3v) is 4.59. The predicted molar refractivity (Wildman–Crippen MR) is 90.5 cm³/mol. The normalized spacial score (nSPS) is 17.2. The van der Waals surface area contributed by atoms with Crippen molar-refractivity contribution in [1.82, 2.24) is 0 Å². The molecule has 1 saturated heterocycles. The van der Waals surface area contributed by atoms with Crippen molar-refractivity contribution >= 4 is 28.6 Å². The van der Waals surface area contributed by atoms with Crippen LogP contribution in [-0.2, 0) is 16.0 Å². The molecule has 1 aliphatic rings. The highest BCUT2D eigenvalue weighted by Gasteiger charge is 2.15. The predicted octanol–water partition coefficient (Wildman–Crippen LogP) is 3.66. The van der Waals surface area contributed by atoms with Crippen LogP contribution in [0.25, 0.3) is 0 Å². The Bertz CT molecular complexity index is 655. The van der Waals surface area contributed by atoms with Crippen LogP contribution in [0.15, 0.2) is 35.7 Å². The number of ether oxygens (including phenoxy) is 1. The molecule has 1 aromatic heterocycles. The van der Waals surface area contributed by atoms with E-state index in [0.29, 0.717) is 24.3 Å². The molecule has 122 valence electrons. The summed E-state index contributed by atoms with van der Waals surface area (Å²) < 4.78 is 19.6. The van der Waals surface area contributed by atoms with Gasteiger partial charge >= 0.3 is 0 Å². The zero-order valence-corrected chi connectivity index (χ0v) is 13.5. The molecule has 0 radical (unpaired) electrons. The molecule has 1 aromatic carbocycles. The van der Waals surface area contributed by atoms with Gasteiger partial charge in [-0.3, -0.25) is 4.79 Å². The maximum atomic E-state index is 14.1. The van der Waals surface area contributed by atoms with Crippen LogP contribution >= 0.6 is 11.3 Å². The minimum absolute atomic E-state index is 0.146. The molecular weight excluding hydrogens is 315 g/mol. The highest BCUT2D eigenvalue weighted by molar-refractivity contribution is 7.10. The fourth-order valence-electron chi connectivity index (χ4n) is 2.54. The molecule has 0 bridgehead atoms. The summed E-state index contributed by atoms with van der Waals surface area (Å²) >= 11 is 1.53. The Balaban J connectivity index is 1.54. The van der Waals surface area contributed by atoms with E-state index in [-0.39, 0.29) is 17.8 Å². The lowest BCUT2D eigenvalue weighted by Gasteiger charge is -2.13. The third-order valence-electron chi connectivity index (χ3n) is 3.71. The van der Waals surface area contributed by atoms with Crippen molar-refractivity contribution in [3.8, 4) is 0 Å². The van der Waals surface area contributed by atoms with Crippen molar-refractivity contribution in [2.75, 3.05) is 23.8 Å². The van der Waals surface area contributed by atoms with Gasteiger partial charge in [0.1, 0.15) is 5.82 Å². The van der Waals surface area contributed by atoms with Crippen molar-refractivity contribution < 1.29 is 13.9 Å². The molecule has 1 unspecified atom stereocenters. The molecule has 2 N–H and O–H groups in total. The lowest BCUT2D eigenvalue weighted by atomic mass is 10.2. The Morgan fingerprint density at radius 2 is 2.30 bits per heavy atom. The van der Waals surface area contributed by atoms with Gasteiger partial charge in [0.05, 0.1) is 18.2 Å². The molecule has 1 amide bonds. The minimum Gasteiger partial charge on any atom is -0.380 e. The van der Waals surface area contributed by atoms with E-state index in [9.17, 15) is 9.18 Å². The summed E-state index contributed by atoms with van der Waals surface area (Å²) in [5, 5.41) is 7.71. The zero-order valence-electron chi connectivity index (χ0n) is 12.7. The van der Waals surface area contributed by atoms with Gasteiger partial charge in [-0.05, 0) is 42.5 Å². The van der Waals surface area contributed by atoms with E-state index < -0.39 is 0 Å². The van der Waals surface area contributed by atoms with Crippen molar-refractivity contribution in [1.29, 1.82) is 0 Å². The van der Waals surface area contributed by atoms with Gasteiger partial charge in [0.25, 0.3) is 0 Å². The average Bonchev–Trinajstić information content (AvgIpc) is 3.19. The lowest BCUT2D eigenvalue weighted by molar-refractivity contribution is -0.115. The summed E-state index contributed by atoms with van der Waals surface area (Å²) in [6.45, 7) is 1.38. The van der Waals surface area contributed by atoms with E-state index >= 15 is 0 Å². The van der Waals surface area contributed by atoms with Crippen LogP contribution in [0.4, 0.5) is 15.8 Å². The minimum atomic E-state index is -0.378. The van der Waals surface area contributed by atoms with Gasteiger partial charge in [-0.1, -0.05) is 6.07 Å². The van der Waals surface area contributed by atoms with E-state index in [1.807, 2.05) is 17.5 Å². The number of anilines is 2. The van der Waals surface area contributed by atoms with Crippen molar-refractivity contribution in [2.45, 2.75) is 25.4 Å². The number of benzene rings is 1. The van der Waals surface area contributed by atoms with Crippen LogP contribution in [0.2, 0.25) is 0 Å². The Labute approximate surface area is 138 Å². The van der Waals surface area contributed by atoms with Gasteiger partial charge in [-0.2, -0.15) is 0 Å². The van der Waals surface area contributed by atoms with Gasteiger partial charge in [0, 0.05) is 23.7 Å². The number of nitrogens with one attached hydrogen (secondary N) is 2. The van der Waals surface area contributed by atoms with Crippen molar-refractivity contribution in [3.05, 3.63) is 46.4 Å². The molecule has 3 rings (SSSR count). The monoisotopic (exact) mass is 334 g/mol. The summed E-state index contributed by atoms with van der Waals surface area (Å²) in [5.41, 5.74) is 0.892. The molecule has 6 heteroatoms. The fraction of sp³-hybridized carbons (Fsp3) is 0.353. The van der Waals surface area contributed by atoms with E-state index in [1.54, 1.807) is 12.1 Å². The van der Waals surface area contributed by atoms with Crippen LogP contribution in [-0.4, -0.2) is 25.2 Å². The Morgan fingerprint density at radius 3 is 3.00 bits per heavy atom. The number of carbonyl (C=O) groups excluding carboxylic acids is 1. The second-order valence-corrected chi connectivity index (χ2v) is 6.55. The molecule has 1 aliphatic heterocycles. The maximum Gasteiger partial charge on any atom is 0.229 e. The summed E-state index contributed by atoms with van der Waals surface area (Å²) in [7, 11) is 0. The second kappa shape index (κ2) is 7.57. The highest BCUT2D eigenvalue weighted by Crippen LogP contribution is 2.21. The largest absolute Gasteiger partial charge is 0.380 e. The molecule has 23 heavy (non-hydrogen) atoms. The molecular formula is C17H19FN2O2S. The number of thiophene rings is 1. The SMILES string of the molecule is O=C(Cc1cccs1)Nc1ccc(NCC2CCCO2)c(F)c1. The average molecular weight is 334 g/mol. The second-order valence-electron chi connectivity index (χ2n) is 5.51. The van der Waals surface area contributed by atoms with Crippen LogP contribution in [0, 0.1) is 5.82 Å². The first-order valence-electron chi connectivity index (χ1n) is 7.68. The van der Waals surface area contributed by atoms with Gasteiger partial charge in [-0.15, -0.1) is 11.3 Å². The number of amides is 1. The maximum absolute atomic E-state index is 14.1. The van der Waals surface area contributed by atoms with Crippen LogP contribution < -0.4 is 10.6 Å². The zero-order chi connectivity index (χ0) is 16.1. The number of halogens is 1. The smallest absolute Gasteiger partial charge is 0.229 e. The molecule has 0 aliphatic carbocycles. The van der Waals surface area contributed by atoms with Crippen LogP contribution in [0.5, 0.6) is 0 Å². The first-order chi connectivity index (χ1) is 11.2. The number of carbonyl (C=O) groups is 1. The Morgan fingerprint density at radius 1 is 1.39 bits per heavy atom. The number of hydrogen-bond acceptors (Lipinski definition) is 4. The first-order valence-corrected chi connectivity index (χ1v) is 8.56. The molecule has 2 heterocycles. The van der Waals surface area contributed by atoms with E-state index in [2.05, 4.69) is 10.6 Å². The topological polar surface area (TPSA) is 50.4 Å². The Hall–Kier alpha value is -1.92. The van der Waals surface area contributed by atoms with Gasteiger partial charge in [-0.25, -0.2) is 4.39 Å². The fourth-order valence-corrected chi connectivity index (χ4v) is 3.25. The molecule has 0 spiro atoms. The Kier molecular flexibility index (Phi) is 5.25. The van der Waals surface area contributed by atoms with E-state index in [4.69, 9.17) is 4.74 Å². The van der Waals surface area contributed by atoms with Gasteiger partial charge < -0.3 is 15.4 Å². The number of rotatable bonds is 6. The van der Waals surface area contributed by atoms with Crippen molar-refractivity contribution in [2.24, 2.45) is 0 Å². The molecule has 4 nitrogen and oxygen atoms in total. The van der Waals surface area contributed by atoms with Crippen LogP contribution in [0.1, 0.15) is 17.7 Å². The lowest BCUT2D eigenvalue weighted by Crippen LogP contribution is -2.19. The van der Waals surface area contributed by atoms with Gasteiger partial charge in [0.2, 0.25) is 5.91 Å². The van der Waals surface area contributed by atoms with E-state index in [1.165, 1.54) is 17.4 Å². The molecule has 1 atom stereocenters. The van der Waals surface area contributed by atoms with Crippen molar-refractivity contribution in [3.63, 3.8) is 0 Å². The number of hydrogen-bond donors (Lipinski definition) is 2. The summed E-state index contributed by atoms with van der Waals surface area (Å²) in [5.74, 6) is -0.524. The summed E-state index contributed by atoms with van der Waals surface area (Å²) in [6.07, 6.45) is 2.52. The molecule has 0 saturated carbocycles. The van der Waals surface area contributed by atoms with E-state index in [0.717, 1.165) is 24.3 Å². The summed E-state index contributed by atoms with van der Waals surface area (Å²) in [4.78, 5) is 12.9.